The summed E-state index contributed by atoms with van der Waals surface area (Å²) in [5.41, 5.74) is 9.69. The normalized spacial score (nSPS) is 11.5. The molecule has 84 valence electrons. The fourth-order valence-electron chi connectivity index (χ4n) is 1.02. The zero-order valence-corrected chi connectivity index (χ0v) is 7.44. The molecule has 0 saturated heterocycles. The lowest BCUT2D eigenvalue weighted by Gasteiger charge is -2.11. The fraction of sp³-hybridized carbons (Fsp3) is 0.250. The number of ether oxygens (including phenoxy) is 1. The minimum Gasteiger partial charge on any atom is -0.406 e. The highest BCUT2D eigenvalue weighted by molar-refractivity contribution is 5.49. The van der Waals surface area contributed by atoms with E-state index in [0.717, 1.165) is 12.1 Å². The van der Waals surface area contributed by atoms with Crippen molar-refractivity contribution in [3.8, 4) is 5.75 Å². The molecule has 1 aromatic rings. The lowest BCUT2D eigenvalue weighted by molar-refractivity contribution is -0.274. The highest BCUT2D eigenvalue weighted by Gasteiger charge is 2.31. The molecule has 0 heterocycles. The molecule has 0 saturated carbocycles. The molecule has 0 atom stereocenters. The van der Waals surface area contributed by atoms with Crippen LogP contribution in [0, 0.1) is 5.82 Å². The highest BCUT2D eigenvalue weighted by atomic mass is 19.4. The molecule has 7 heteroatoms. The molecule has 0 aromatic heterocycles. The third kappa shape index (κ3) is 2.98. The lowest BCUT2D eigenvalue weighted by Crippen LogP contribution is -2.18. The number of benzene rings is 1. The summed E-state index contributed by atoms with van der Waals surface area (Å²) in [6.45, 7) is -0.259. The molecule has 0 radical (unpaired) electrons. The summed E-state index contributed by atoms with van der Waals surface area (Å²) in [4.78, 5) is 0. The van der Waals surface area contributed by atoms with Crippen LogP contribution < -0.4 is 16.2 Å². The number of rotatable bonds is 2. The maximum atomic E-state index is 13.1. The van der Waals surface area contributed by atoms with Crippen molar-refractivity contribution in [2.24, 2.45) is 5.73 Å². The van der Waals surface area contributed by atoms with E-state index < -0.39 is 23.6 Å². The van der Waals surface area contributed by atoms with Crippen LogP contribution in [0.5, 0.6) is 5.75 Å². The van der Waals surface area contributed by atoms with E-state index in [-0.39, 0.29) is 12.1 Å². The van der Waals surface area contributed by atoms with Crippen molar-refractivity contribution < 1.29 is 22.3 Å². The third-order valence-electron chi connectivity index (χ3n) is 1.60. The van der Waals surface area contributed by atoms with Gasteiger partial charge in [0, 0.05) is 18.2 Å². The Morgan fingerprint density at radius 2 is 1.87 bits per heavy atom. The highest BCUT2D eigenvalue weighted by Crippen LogP contribution is 2.27. The Morgan fingerprint density at radius 1 is 1.27 bits per heavy atom. The van der Waals surface area contributed by atoms with Gasteiger partial charge < -0.3 is 16.2 Å². The van der Waals surface area contributed by atoms with Gasteiger partial charge in [0.05, 0.1) is 5.69 Å². The summed E-state index contributed by atoms with van der Waals surface area (Å²) >= 11 is 0. The number of nitrogens with two attached hydrogens (primary N) is 2. The summed E-state index contributed by atoms with van der Waals surface area (Å²) in [6.07, 6.45) is -4.84. The van der Waals surface area contributed by atoms with E-state index in [1.54, 1.807) is 0 Å². The number of nitrogen functional groups attached to an aromatic ring is 1. The smallest absolute Gasteiger partial charge is 0.406 e. The molecule has 4 N–H and O–H groups in total. The van der Waals surface area contributed by atoms with Gasteiger partial charge in [-0.1, -0.05) is 0 Å². The average molecular weight is 224 g/mol. The predicted molar refractivity (Wildman–Crippen MR) is 45.4 cm³/mol. The Labute approximate surface area is 82.6 Å². The molecule has 1 rings (SSSR count). The van der Waals surface area contributed by atoms with Gasteiger partial charge in [-0.25, -0.2) is 4.39 Å². The van der Waals surface area contributed by atoms with Crippen molar-refractivity contribution in [2.75, 3.05) is 5.73 Å². The van der Waals surface area contributed by atoms with Crippen molar-refractivity contribution in [3.63, 3.8) is 0 Å². The summed E-state index contributed by atoms with van der Waals surface area (Å²) in [5.74, 6) is -1.41. The first-order chi connectivity index (χ1) is 6.83. The van der Waals surface area contributed by atoms with Gasteiger partial charge in [0.15, 0.2) is 5.82 Å². The van der Waals surface area contributed by atoms with E-state index in [1.165, 1.54) is 0 Å². The Bertz CT molecular complexity index is 364. The molecule has 3 nitrogen and oxygen atoms in total. The maximum Gasteiger partial charge on any atom is 0.573 e. The second kappa shape index (κ2) is 3.93. The van der Waals surface area contributed by atoms with Crippen LogP contribution in [0.3, 0.4) is 0 Å². The van der Waals surface area contributed by atoms with Crippen molar-refractivity contribution in [3.05, 3.63) is 23.5 Å². The molecule has 0 aliphatic rings. The van der Waals surface area contributed by atoms with Crippen LogP contribution in [0.25, 0.3) is 0 Å². The summed E-state index contributed by atoms with van der Waals surface area (Å²) in [6, 6.07) is 1.61. The molecule has 1 aromatic carbocycles. The molecular formula is C8H8F4N2O. The summed E-state index contributed by atoms with van der Waals surface area (Å²) < 4.78 is 52.1. The van der Waals surface area contributed by atoms with Crippen LogP contribution in [-0.4, -0.2) is 6.36 Å². The van der Waals surface area contributed by atoms with Crippen LogP contribution in [0.2, 0.25) is 0 Å². The second-order valence-electron chi connectivity index (χ2n) is 2.74. The van der Waals surface area contributed by atoms with Crippen molar-refractivity contribution in [1.29, 1.82) is 0 Å². The molecular weight excluding hydrogens is 216 g/mol. The zero-order valence-electron chi connectivity index (χ0n) is 7.44. The van der Waals surface area contributed by atoms with E-state index in [0.29, 0.717) is 0 Å². The van der Waals surface area contributed by atoms with E-state index in [9.17, 15) is 17.6 Å². The van der Waals surface area contributed by atoms with E-state index >= 15 is 0 Å². The lowest BCUT2D eigenvalue weighted by atomic mass is 10.2. The first-order valence-electron chi connectivity index (χ1n) is 3.87. The number of hydrogen-bond donors (Lipinski definition) is 2. The number of alkyl halides is 3. The topological polar surface area (TPSA) is 61.3 Å². The molecule has 0 fully saturated rings. The standard InChI is InChI=1S/C8H8F4N2O/c9-7-4(3-13)1-5(2-6(7)14)15-8(10,11)12/h1-2H,3,13-14H2. The van der Waals surface area contributed by atoms with Crippen LogP contribution in [0.4, 0.5) is 23.2 Å². The Hall–Kier alpha value is -1.50. The van der Waals surface area contributed by atoms with Gasteiger partial charge in [-0.2, -0.15) is 0 Å². The largest absolute Gasteiger partial charge is 0.573 e. The number of anilines is 1. The maximum absolute atomic E-state index is 13.1. The monoisotopic (exact) mass is 224 g/mol. The fourth-order valence-corrected chi connectivity index (χ4v) is 1.02. The van der Waals surface area contributed by atoms with Gasteiger partial charge in [-0.05, 0) is 6.07 Å². The summed E-state index contributed by atoms with van der Waals surface area (Å²) in [7, 11) is 0. The van der Waals surface area contributed by atoms with Crippen molar-refractivity contribution in [1.82, 2.24) is 0 Å². The molecule has 0 aliphatic heterocycles. The Balaban J connectivity index is 3.06. The van der Waals surface area contributed by atoms with Crippen LogP contribution in [0.1, 0.15) is 5.56 Å². The zero-order chi connectivity index (χ0) is 11.6. The van der Waals surface area contributed by atoms with Crippen molar-refractivity contribution >= 4 is 5.69 Å². The quantitative estimate of drug-likeness (QED) is 0.594. The Kier molecular flexibility index (Phi) is 3.04. The SMILES string of the molecule is NCc1cc(OC(F)(F)F)cc(N)c1F. The minimum atomic E-state index is -4.84. The summed E-state index contributed by atoms with van der Waals surface area (Å²) in [5, 5.41) is 0. The molecule has 0 aliphatic carbocycles. The number of halogens is 4. The van der Waals surface area contributed by atoms with E-state index in [4.69, 9.17) is 11.5 Å². The van der Waals surface area contributed by atoms with Gasteiger partial charge >= 0.3 is 6.36 Å². The van der Waals surface area contributed by atoms with Gasteiger partial charge in [0.1, 0.15) is 5.75 Å². The molecule has 0 amide bonds. The van der Waals surface area contributed by atoms with Gasteiger partial charge in [-0.15, -0.1) is 13.2 Å². The Morgan fingerprint density at radius 3 is 2.33 bits per heavy atom. The first kappa shape index (κ1) is 11.6. The van der Waals surface area contributed by atoms with Gasteiger partial charge in [-0.3, -0.25) is 0 Å². The first-order valence-corrected chi connectivity index (χ1v) is 3.87. The average Bonchev–Trinajstić information content (AvgIpc) is 2.08. The van der Waals surface area contributed by atoms with Gasteiger partial charge in [0.25, 0.3) is 0 Å². The van der Waals surface area contributed by atoms with Crippen LogP contribution >= 0.6 is 0 Å². The predicted octanol–water partition coefficient (Wildman–Crippen LogP) is 1.77. The second-order valence-corrected chi connectivity index (χ2v) is 2.74. The molecule has 15 heavy (non-hydrogen) atoms. The molecule has 0 bridgehead atoms. The minimum absolute atomic E-state index is 0.130. The molecule has 0 spiro atoms. The van der Waals surface area contributed by atoms with Gasteiger partial charge in [0.2, 0.25) is 0 Å². The van der Waals surface area contributed by atoms with E-state index in [2.05, 4.69) is 4.74 Å². The van der Waals surface area contributed by atoms with E-state index in [1.807, 2.05) is 0 Å². The molecule has 0 unspecified atom stereocenters. The van der Waals surface area contributed by atoms with Crippen molar-refractivity contribution in [2.45, 2.75) is 12.9 Å². The van der Waals surface area contributed by atoms with Crippen LogP contribution in [0.15, 0.2) is 12.1 Å². The number of hydrogen-bond acceptors (Lipinski definition) is 3. The van der Waals surface area contributed by atoms with Crippen LogP contribution in [-0.2, 0) is 6.54 Å². The third-order valence-corrected chi connectivity index (χ3v) is 1.60.